The molecule has 2 aromatic rings. The summed E-state index contributed by atoms with van der Waals surface area (Å²) in [5.74, 6) is 0. The Morgan fingerprint density at radius 3 is 2.53 bits per heavy atom. The molecule has 3 nitrogen and oxygen atoms in total. The van der Waals surface area contributed by atoms with Gasteiger partial charge in [-0.1, -0.05) is 40.2 Å². The van der Waals surface area contributed by atoms with Crippen molar-refractivity contribution in [3.05, 3.63) is 59.7 Å². The summed E-state index contributed by atoms with van der Waals surface area (Å²) in [6.07, 6.45) is 0. The van der Waals surface area contributed by atoms with Crippen LogP contribution in [0.25, 0.3) is 0 Å². The van der Waals surface area contributed by atoms with E-state index >= 15 is 0 Å². The zero-order valence-corrected chi connectivity index (χ0v) is 12.8. The maximum atomic E-state index is 12.2. The summed E-state index contributed by atoms with van der Waals surface area (Å²) in [4.78, 5) is 0.275. The van der Waals surface area contributed by atoms with Gasteiger partial charge in [0.2, 0.25) is 0 Å². The number of rotatable bonds is 4. The summed E-state index contributed by atoms with van der Waals surface area (Å²) in [5.41, 5.74) is 2.50. The summed E-state index contributed by atoms with van der Waals surface area (Å²) < 4.78 is 27.0. The molecule has 0 saturated carbocycles. The van der Waals surface area contributed by atoms with E-state index in [2.05, 4.69) is 20.7 Å². The van der Waals surface area contributed by atoms with Crippen molar-refractivity contribution in [2.45, 2.75) is 17.1 Å². The fourth-order valence-corrected chi connectivity index (χ4v) is 3.22. The molecule has 0 aliphatic heterocycles. The average Bonchev–Trinajstić information content (AvgIpc) is 2.38. The van der Waals surface area contributed by atoms with Crippen LogP contribution in [0.5, 0.6) is 0 Å². The van der Waals surface area contributed by atoms with Crippen LogP contribution in [0.1, 0.15) is 11.1 Å². The Labute approximate surface area is 121 Å². The predicted molar refractivity (Wildman–Crippen MR) is 81.1 cm³/mol. The molecule has 0 fully saturated rings. The van der Waals surface area contributed by atoms with E-state index in [0.717, 1.165) is 11.1 Å². The molecule has 0 aromatic heterocycles. The molecule has 2 aromatic carbocycles. The number of alkyl halides is 1. The molecular weight excluding hydrogens is 326 g/mol. The monoisotopic (exact) mass is 339 g/mol. The van der Waals surface area contributed by atoms with Crippen LogP contribution in [0.4, 0.5) is 5.69 Å². The van der Waals surface area contributed by atoms with Gasteiger partial charge in [0.1, 0.15) is 0 Å². The number of aryl methyl sites for hydroxylation is 1. The molecule has 0 bridgehead atoms. The maximum absolute atomic E-state index is 12.2. The topological polar surface area (TPSA) is 46.2 Å². The SMILES string of the molecule is Cc1cccc(S(=O)(=O)Nc2cccc(CBr)c2)c1. The molecule has 0 amide bonds. The van der Waals surface area contributed by atoms with Gasteiger partial charge in [0.15, 0.2) is 0 Å². The number of halogens is 1. The van der Waals surface area contributed by atoms with Crippen molar-refractivity contribution >= 4 is 31.6 Å². The van der Waals surface area contributed by atoms with Crippen LogP contribution >= 0.6 is 15.9 Å². The molecule has 5 heteroatoms. The lowest BCUT2D eigenvalue weighted by Crippen LogP contribution is -2.13. The summed E-state index contributed by atoms with van der Waals surface area (Å²) in [6, 6.07) is 14.1. The minimum absolute atomic E-state index is 0.275. The van der Waals surface area contributed by atoms with E-state index in [1.54, 1.807) is 24.3 Å². The molecule has 0 atom stereocenters. The fourth-order valence-electron chi connectivity index (χ4n) is 1.71. The Balaban J connectivity index is 2.31. The van der Waals surface area contributed by atoms with Crippen molar-refractivity contribution in [1.82, 2.24) is 0 Å². The van der Waals surface area contributed by atoms with Gasteiger partial charge in [-0.2, -0.15) is 0 Å². The van der Waals surface area contributed by atoms with Crippen LogP contribution in [-0.2, 0) is 15.4 Å². The van der Waals surface area contributed by atoms with Gasteiger partial charge in [-0.05, 0) is 42.3 Å². The molecule has 0 heterocycles. The van der Waals surface area contributed by atoms with E-state index in [-0.39, 0.29) is 4.90 Å². The Morgan fingerprint density at radius 1 is 1.11 bits per heavy atom. The average molecular weight is 340 g/mol. The first-order valence-electron chi connectivity index (χ1n) is 5.76. The third-order valence-corrected chi connectivity index (χ3v) is 4.66. The largest absolute Gasteiger partial charge is 0.280 e. The quantitative estimate of drug-likeness (QED) is 0.863. The van der Waals surface area contributed by atoms with E-state index in [4.69, 9.17) is 0 Å². The molecule has 0 saturated heterocycles. The standard InChI is InChI=1S/C14H14BrNO2S/c1-11-4-2-7-14(8-11)19(17,18)16-13-6-3-5-12(9-13)10-15/h2-9,16H,10H2,1H3. The van der Waals surface area contributed by atoms with Gasteiger partial charge >= 0.3 is 0 Å². The number of nitrogens with one attached hydrogen (secondary N) is 1. The van der Waals surface area contributed by atoms with Gasteiger partial charge < -0.3 is 0 Å². The molecule has 0 unspecified atom stereocenters. The highest BCUT2D eigenvalue weighted by Gasteiger charge is 2.14. The number of anilines is 1. The van der Waals surface area contributed by atoms with Crippen molar-refractivity contribution < 1.29 is 8.42 Å². The normalized spacial score (nSPS) is 11.3. The second-order valence-electron chi connectivity index (χ2n) is 4.26. The van der Waals surface area contributed by atoms with Gasteiger partial charge in [-0.25, -0.2) is 8.42 Å². The van der Waals surface area contributed by atoms with Gasteiger partial charge in [0.25, 0.3) is 10.0 Å². The first-order chi connectivity index (χ1) is 9.01. The highest BCUT2D eigenvalue weighted by atomic mass is 79.9. The molecule has 2 rings (SSSR count). The molecule has 0 radical (unpaired) electrons. The van der Waals surface area contributed by atoms with Crippen LogP contribution in [0.15, 0.2) is 53.4 Å². The summed E-state index contributed by atoms with van der Waals surface area (Å²) in [5, 5.41) is 0.688. The summed E-state index contributed by atoms with van der Waals surface area (Å²) in [6.45, 7) is 1.87. The van der Waals surface area contributed by atoms with E-state index in [9.17, 15) is 8.42 Å². The summed E-state index contributed by atoms with van der Waals surface area (Å²) in [7, 11) is -3.53. The second-order valence-corrected chi connectivity index (χ2v) is 6.50. The zero-order chi connectivity index (χ0) is 13.9. The van der Waals surface area contributed by atoms with Gasteiger partial charge in [-0.3, -0.25) is 4.72 Å². The first-order valence-corrected chi connectivity index (χ1v) is 8.36. The minimum Gasteiger partial charge on any atom is -0.280 e. The molecule has 0 aliphatic carbocycles. The minimum atomic E-state index is -3.53. The molecule has 1 N–H and O–H groups in total. The van der Waals surface area contributed by atoms with E-state index in [1.165, 1.54) is 0 Å². The highest BCUT2D eigenvalue weighted by Crippen LogP contribution is 2.18. The Bertz CT molecular complexity index is 683. The number of hydrogen-bond donors (Lipinski definition) is 1. The predicted octanol–water partition coefficient (Wildman–Crippen LogP) is 3.69. The lowest BCUT2D eigenvalue weighted by atomic mass is 10.2. The first kappa shape index (κ1) is 14.1. The van der Waals surface area contributed by atoms with Crippen LogP contribution in [0.3, 0.4) is 0 Å². The molecular formula is C14H14BrNO2S. The van der Waals surface area contributed by atoms with E-state index < -0.39 is 10.0 Å². The van der Waals surface area contributed by atoms with Crippen molar-refractivity contribution in [1.29, 1.82) is 0 Å². The third-order valence-electron chi connectivity index (χ3n) is 2.63. The molecule has 0 spiro atoms. The highest BCUT2D eigenvalue weighted by molar-refractivity contribution is 9.08. The Kier molecular flexibility index (Phi) is 4.27. The third kappa shape index (κ3) is 3.58. The van der Waals surface area contributed by atoms with Crippen LogP contribution in [0, 0.1) is 6.92 Å². The van der Waals surface area contributed by atoms with E-state index in [0.29, 0.717) is 11.0 Å². The lowest BCUT2D eigenvalue weighted by molar-refractivity contribution is 0.601. The second kappa shape index (κ2) is 5.75. The number of sulfonamides is 1. The van der Waals surface area contributed by atoms with Crippen molar-refractivity contribution in [2.24, 2.45) is 0 Å². The molecule has 100 valence electrons. The van der Waals surface area contributed by atoms with Gasteiger partial charge in [0.05, 0.1) is 4.90 Å². The van der Waals surface area contributed by atoms with Gasteiger partial charge in [-0.15, -0.1) is 0 Å². The van der Waals surface area contributed by atoms with Crippen molar-refractivity contribution in [2.75, 3.05) is 4.72 Å². The van der Waals surface area contributed by atoms with Crippen LogP contribution < -0.4 is 4.72 Å². The van der Waals surface area contributed by atoms with Gasteiger partial charge in [0, 0.05) is 11.0 Å². The number of benzene rings is 2. The summed E-state index contributed by atoms with van der Waals surface area (Å²) >= 11 is 3.35. The van der Waals surface area contributed by atoms with Crippen LogP contribution in [-0.4, -0.2) is 8.42 Å². The molecule has 19 heavy (non-hydrogen) atoms. The van der Waals surface area contributed by atoms with Crippen LogP contribution in [0.2, 0.25) is 0 Å². The zero-order valence-electron chi connectivity index (χ0n) is 10.4. The number of hydrogen-bond acceptors (Lipinski definition) is 2. The van der Waals surface area contributed by atoms with E-state index in [1.807, 2.05) is 31.2 Å². The lowest BCUT2D eigenvalue weighted by Gasteiger charge is -2.09. The van der Waals surface area contributed by atoms with Crippen molar-refractivity contribution in [3.63, 3.8) is 0 Å². The Morgan fingerprint density at radius 2 is 1.84 bits per heavy atom. The van der Waals surface area contributed by atoms with Crippen molar-refractivity contribution in [3.8, 4) is 0 Å². The fraction of sp³-hybridized carbons (Fsp3) is 0.143. The Hall–Kier alpha value is -1.33. The maximum Gasteiger partial charge on any atom is 0.261 e. The smallest absolute Gasteiger partial charge is 0.261 e. The molecule has 0 aliphatic rings.